The van der Waals surface area contributed by atoms with E-state index >= 15 is 0 Å². The molecule has 1 aliphatic carbocycles. The van der Waals surface area contributed by atoms with Gasteiger partial charge in [0.2, 0.25) is 0 Å². The van der Waals surface area contributed by atoms with E-state index in [1.807, 2.05) is 23.0 Å². The lowest BCUT2D eigenvalue weighted by molar-refractivity contribution is 0.960. The van der Waals surface area contributed by atoms with E-state index in [-0.39, 0.29) is 0 Å². The van der Waals surface area contributed by atoms with E-state index < -0.39 is 0 Å². The van der Waals surface area contributed by atoms with Crippen molar-refractivity contribution in [2.75, 3.05) is 5.32 Å². The molecule has 1 N–H and O–H groups in total. The molecule has 1 fully saturated rings. The topological polar surface area (TPSA) is 29.3 Å². The lowest BCUT2D eigenvalue weighted by atomic mass is 10.3. The first-order valence-corrected chi connectivity index (χ1v) is 4.62. The fourth-order valence-corrected chi connectivity index (χ4v) is 1.47. The molecule has 0 aromatic carbocycles. The van der Waals surface area contributed by atoms with Crippen LogP contribution in [0, 0.1) is 0 Å². The Morgan fingerprint density at radius 1 is 1.38 bits per heavy atom. The third-order valence-electron chi connectivity index (χ3n) is 2.35. The number of anilines is 1. The van der Waals surface area contributed by atoms with Crippen molar-refractivity contribution in [2.24, 2.45) is 0 Å². The van der Waals surface area contributed by atoms with Crippen LogP contribution in [0.2, 0.25) is 0 Å². The number of hydrogen-bond donors (Lipinski definition) is 1. The van der Waals surface area contributed by atoms with Crippen molar-refractivity contribution in [3.8, 4) is 0 Å². The van der Waals surface area contributed by atoms with Crippen molar-refractivity contribution in [1.29, 1.82) is 0 Å². The number of pyridine rings is 1. The number of aromatic nitrogens is 2. The highest BCUT2D eigenvalue weighted by Gasteiger charge is 2.20. The molecular weight excluding hydrogens is 162 g/mol. The van der Waals surface area contributed by atoms with Crippen LogP contribution in [0.4, 0.5) is 5.69 Å². The number of hydrogen-bond acceptors (Lipinski definition) is 2. The van der Waals surface area contributed by atoms with Crippen LogP contribution in [0.1, 0.15) is 12.8 Å². The zero-order valence-electron chi connectivity index (χ0n) is 7.27. The van der Waals surface area contributed by atoms with E-state index in [4.69, 9.17) is 0 Å². The van der Waals surface area contributed by atoms with Gasteiger partial charge < -0.3 is 5.32 Å². The van der Waals surface area contributed by atoms with Crippen LogP contribution in [0.25, 0.3) is 5.52 Å². The van der Waals surface area contributed by atoms with Crippen molar-refractivity contribution < 1.29 is 0 Å². The van der Waals surface area contributed by atoms with Gasteiger partial charge in [0.1, 0.15) is 0 Å². The third-order valence-corrected chi connectivity index (χ3v) is 2.35. The Hall–Kier alpha value is -1.51. The van der Waals surface area contributed by atoms with Gasteiger partial charge in [-0.15, -0.1) is 0 Å². The Balaban J connectivity index is 1.99. The standard InChI is InChI=1S/C10H11N3/c1-2-8(1)12-9-4-6-13-10(7-9)3-5-11-13/h3-8,12H,1-2H2. The first-order chi connectivity index (χ1) is 6.42. The summed E-state index contributed by atoms with van der Waals surface area (Å²) in [5.74, 6) is 0. The predicted octanol–water partition coefficient (Wildman–Crippen LogP) is 1.91. The number of fused-ring (bicyclic) bond motifs is 1. The smallest absolute Gasteiger partial charge is 0.0682 e. The van der Waals surface area contributed by atoms with Gasteiger partial charge in [0, 0.05) is 24.1 Å². The van der Waals surface area contributed by atoms with Gasteiger partial charge in [0.15, 0.2) is 0 Å². The molecular formula is C10H11N3. The average molecular weight is 173 g/mol. The molecule has 0 unspecified atom stereocenters. The molecule has 0 atom stereocenters. The fourth-order valence-electron chi connectivity index (χ4n) is 1.47. The molecule has 0 amide bonds. The molecule has 0 bridgehead atoms. The van der Waals surface area contributed by atoms with E-state index in [0.717, 1.165) is 5.52 Å². The van der Waals surface area contributed by atoms with Gasteiger partial charge in [-0.05, 0) is 31.0 Å². The monoisotopic (exact) mass is 173 g/mol. The van der Waals surface area contributed by atoms with Gasteiger partial charge in [0.25, 0.3) is 0 Å². The van der Waals surface area contributed by atoms with Gasteiger partial charge in [-0.25, -0.2) is 4.52 Å². The van der Waals surface area contributed by atoms with E-state index in [1.54, 1.807) is 0 Å². The van der Waals surface area contributed by atoms with Crippen LogP contribution in [-0.4, -0.2) is 15.7 Å². The Kier molecular flexibility index (Phi) is 1.33. The molecule has 2 heterocycles. The first-order valence-electron chi connectivity index (χ1n) is 4.62. The second-order valence-corrected chi connectivity index (χ2v) is 3.53. The molecule has 0 saturated heterocycles. The molecule has 2 aromatic rings. The maximum atomic E-state index is 4.14. The summed E-state index contributed by atoms with van der Waals surface area (Å²) in [6.45, 7) is 0. The number of nitrogens with one attached hydrogen (secondary N) is 1. The minimum atomic E-state index is 0.713. The van der Waals surface area contributed by atoms with Gasteiger partial charge >= 0.3 is 0 Å². The lowest BCUT2D eigenvalue weighted by Crippen LogP contribution is -2.01. The highest BCUT2D eigenvalue weighted by Crippen LogP contribution is 2.24. The maximum absolute atomic E-state index is 4.14. The summed E-state index contributed by atoms with van der Waals surface area (Å²) in [6, 6.07) is 6.92. The summed E-state index contributed by atoms with van der Waals surface area (Å²) < 4.78 is 1.87. The third kappa shape index (κ3) is 1.26. The molecule has 13 heavy (non-hydrogen) atoms. The summed E-state index contributed by atoms with van der Waals surface area (Å²) in [5, 5.41) is 7.60. The van der Waals surface area contributed by atoms with Crippen molar-refractivity contribution in [2.45, 2.75) is 18.9 Å². The van der Waals surface area contributed by atoms with Crippen LogP contribution in [0.3, 0.4) is 0 Å². The van der Waals surface area contributed by atoms with Gasteiger partial charge in [0.05, 0.1) is 5.52 Å². The van der Waals surface area contributed by atoms with Crippen LogP contribution in [-0.2, 0) is 0 Å². The minimum Gasteiger partial charge on any atom is -0.382 e. The Bertz CT molecular complexity index is 428. The summed E-state index contributed by atoms with van der Waals surface area (Å²) >= 11 is 0. The van der Waals surface area contributed by atoms with Crippen molar-refractivity contribution >= 4 is 11.2 Å². The van der Waals surface area contributed by atoms with E-state index in [0.29, 0.717) is 6.04 Å². The number of nitrogens with zero attached hydrogens (tertiary/aromatic N) is 2. The molecule has 1 saturated carbocycles. The van der Waals surface area contributed by atoms with E-state index in [9.17, 15) is 0 Å². The lowest BCUT2D eigenvalue weighted by Gasteiger charge is -2.03. The zero-order valence-corrected chi connectivity index (χ0v) is 7.27. The van der Waals surface area contributed by atoms with Gasteiger partial charge in [-0.1, -0.05) is 0 Å². The van der Waals surface area contributed by atoms with Crippen molar-refractivity contribution in [3.05, 3.63) is 30.6 Å². The Labute approximate surface area is 76.4 Å². The molecule has 2 aromatic heterocycles. The van der Waals surface area contributed by atoms with Gasteiger partial charge in [-0.3, -0.25) is 0 Å². The second-order valence-electron chi connectivity index (χ2n) is 3.53. The molecule has 0 spiro atoms. The minimum absolute atomic E-state index is 0.713. The second kappa shape index (κ2) is 2.49. The Morgan fingerprint density at radius 2 is 2.31 bits per heavy atom. The molecule has 3 rings (SSSR count). The zero-order chi connectivity index (χ0) is 8.67. The normalized spacial score (nSPS) is 16.3. The van der Waals surface area contributed by atoms with Gasteiger partial charge in [-0.2, -0.15) is 5.10 Å². The van der Waals surface area contributed by atoms with Crippen molar-refractivity contribution in [1.82, 2.24) is 9.61 Å². The summed E-state index contributed by atoms with van der Waals surface area (Å²) in [6.07, 6.45) is 6.42. The average Bonchev–Trinajstić information content (AvgIpc) is 2.83. The summed E-state index contributed by atoms with van der Waals surface area (Å²) in [4.78, 5) is 0. The highest BCUT2D eigenvalue weighted by atomic mass is 15.2. The quantitative estimate of drug-likeness (QED) is 0.751. The summed E-state index contributed by atoms with van der Waals surface area (Å²) in [5.41, 5.74) is 2.35. The molecule has 3 heteroatoms. The van der Waals surface area contributed by atoms with E-state index in [2.05, 4.69) is 22.5 Å². The molecule has 3 nitrogen and oxygen atoms in total. The SMILES string of the molecule is c1cc2cc(NC3CC3)ccn2n1. The molecule has 66 valence electrons. The summed E-state index contributed by atoms with van der Waals surface area (Å²) in [7, 11) is 0. The maximum Gasteiger partial charge on any atom is 0.0682 e. The number of rotatable bonds is 2. The molecule has 0 radical (unpaired) electrons. The van der Waals surface area contributed by atoms with Crippen LogP contribution in [0.5, 0.6) is 0 Å². The highest BCUT2D eigenvalue weighted by molar-refractivity contribution is 5.58. The molecule has 0 aliphatic heterocycles. The van der Waals surface area contributed by atoms with Crippen LogP contribution in [0.15, 0.2) is 30.6 Å². The first kappa shape index (κ1) is 6.95. The van der Waals surface area contributed by atoms with E-state index in [1.165, 1.54) is 18.5 Å². The Morgan fingerprint density at radius 3 is 3.15 bits per heavy atom. The fraction of sp³-hybridized carbons (Fsp3) is 0.300. The van der Waals surface area contributed by atoms with Crippen LogP contribution >= 0.6 is 0 Å². The molecule has 1 aliphatic rings. The largest absolute Gasteiger partial charge is 0.382 e. The predicted molar refractivity (Wildman–Crippen MR) is 51.8 cm³/mol. The van der Waals surface area contributed by atoms with Crippen LogP contribution < -0.4 is 5.32 Å². The van der Waals surface area contributed by atoms with Crippen molar-refractivity contribution in [3.63, 3.8) is 0 Å².